The van der Waals surface area contributed by atoms with Gasteiger partial charge in [0.05, 0.1) is 6.04 Å². The van der Waals surface area contributed by atoms with E-state index in [4.69, 9.17) is 5.11 Å². The number of rotatable bonds is 7. The molecular formula is C18H27N3O6. The van der Waals surface area contributed by atoms with Crippen molar-refractivity contribution >= 4 is 11.7 Å². The number of benzene rings is 1. The fraction of sp³-hybridized carbons (Fsp3) is 0.611. The first kappa shape index (κ1) is 20.0. The van der Waals surface area contributed by atoms with Gasteiger partial charge in [-0.2, -0.15) is 0 Å². The molecule has 2 heterocycles. The van der Waals surface area contributed by atoms with Gasteiger partial charge in [0.25, 0.3) is 0 Å². The molecule has 0 saturated carbocycles. The maximum Gasteiger partial charge on any atom is 0.303 e. The van der Waals surface area contributed by atoms with Crippen LogP contribution < -0.4 is 10.6 Å². The SMILES string of the molecule is O=C(O)CCCCNc1cccc2c1C(O)N(C1CCC(O)NC1O)C2O. The minimum Gasteiger partial charge on any atom is -0.481 e. The summed E-state index contributed by atoms with van der Waals surface area (Å²) in [4.78, 5) is 12.0. The summed E-state index contributed by atoms with van der Waals surface area (Å²) in [5, 5.41) is 55.9. The van der Waals surface area contributed by atoms with Crippen molar-refractivity contribution in [2.24, 2.45) is 0 Å². The van der Waals surface area contributed by atoms with Crippen LogP contribution in [0.25, 0.3) is 0 Å². The summed E-state index contributed by atoms with van der Waals surface area (Å²) in [5.74, 6) is -0.824. The van der Waals surface area contributed by atoms with Gasteiger partial charge in [0.1, 0.15) is 24.9 Å². The second-order valence-corrected chi connectivity index (χ2v) is 7.05. The number of aliphatic hydroxyl groups excluding tert-OH is 4. The Morgan fingerprint density at radius 1 is 1.15 bits per heavy atom. The Labute approximate surface area is 157 Å². The molecule has 1 saturated heterocycles. The van der Waals surface area contributed by atoms with E-state index in [0.29, 0.717) is 49.0 Å². The molecule has 2 aliphatic heterocycles. The number of fused-ring (bicyclic) bond motifs is 1. The second kappa shape index (κ2) is 8.51. The number of carbonyl (C=O) groups is 1. The molecule has 9 nitrogen and oxygen atoms in total. The first-order valence-corrected chi connectivity index (χ1v) is 9.24. The van der Waals surface area contributed by atoms with Crippen molar-refractivity contribution in [1.29, 1.82) is 0 Å². The molecule has 0 aliphatic carbocycles. The maximum absolute atomic E-state index is 10.9. The summed E-state index contributed by atoms with van der Waals surface area (Å²) in [6, 6.07) is 4.76. The van der Waals surface area contributed by atoms with Gasteiger partial charge >= 0.3 is 5.97 Å². The van der Waals surface area contributed by atoms with Crippen LogP contribution in [-0.4, -0.2) is 61.4 Å². The molecule has 1 fully saturated rings. The number of piperidine rings is 1. The number of aliphatic carboxylic acids is 1. The lowest BCUT2D eigenvalue weighted by molar-refractivity contribution is -0.158. The van der Waals surface area contributed by atoms with Gasteiger partial charge in [0.15, 0.2) is 0 Å². The molecule has 5 atom stereocenters. The standard InChI is InChI=1S/C18H27N3O6/c22-13-8-7-12(16(25)20-13)21-17(26)10-4-3-5-11(15(10)18(21)27)19-9-2-1-6-14(23)24/h3-5,12-13,16-20,22,25-27H,1-2,6-9H2,(H,23,24). The molecule has 3 rings (SSSR count). The molecule has 0 amide bonds. The highest BCUT2D eigenvalue weighted by Crippen LogP contribution is 2.45. The van der Waals surface area contributed by atoms with Crippen LogP contribution in [0.1, 0.15) is 55.7 Å². The zero-order chi connectivity index (χ0) is 19.6. The molecule has 150 valence electrons. The predicted molar refractivity (Wildman–Crippen MR) is 96.3 cm³/mol. The van der Waals surface area contributed by atoms with E-state index in [1.54, 1.807) is 18.2 Å². The molecule has 27 heavy (non-hydrogen) atoms. The number of hydrogen-bond donors (Lipinski definition) is 7. The Morgan fingerprint density at radius 2 is 1.93 bits per heavy atom. The number of aliphatic hydroxyl groups is 4. The third kappa shape index (κ3) is 4.23. The largest absolute Gasteiger partial charge is 0.481 e. The molecule has 1 aromatic rings. The Bertz CT molecular complexity index is 672. The van der Waals surface area contributed by atoms with E-state index in [0.717, 1.165) is 0 Å². The summed E-state index contributed by atoms with van der Waals surface area (Å²) < 4.78 is 0. The quantitative estimate of drug-likeness (QED) is 0.325. The number of hydrogen-bond acceptors (Lipinski definition) is 8. The maximum atomic E-state index is 10.9. The Hall–Kier alpha value is -1.75. The van der Waals surface area contributed by atoms with Crippen LogP contribution in [0.15, 0.2) is 18.2 Å². The number of unbranched alkanes of at least 4 members (excludes halogenated alkanes) is 1. The minimum absolute atomic E-state index is 0.113. The van der Waals surface area contributed by atoms with Crippen LogP contribution in [0.2, 0.25) is 0 Å². The van der Waals surface area contributed by atoms with Crippen molar-refractivity contribution in [3.63, 3.8) is 0 Å². The first-order chi connectivity index (χ1) is 12.9. The molecule has 1 aromatic carbocycles. The van der Waals surface area contributed by atoms with E-state index in [1.165, 1.54) is 4.90 Å². The van der Waals surface area contributed by atoms with Crippen molar-refractivity contribution in [2.45, 2.75) is 63.1 Å². The normalized spacial score (nSPS) is 30.9. The van der Waals surface area contributed by atoms with E-state index >= 15 is 0 Å². The third-order valence-electron chi connectivity index (χ3n) is 5.22. The van der Waals surface area contributed by atoms with Crippen LogP contribution in [0.3, 0.4) is 0 Å². The Kier molecular flexibility index (Phi) is 6.30. The zero-order valence-corrected chi connectivity index (χ0v) is 15.0. The molecule has 0 aromatic heterocycles. The topological polar surface area (TPSA) is 146 Å². The fourth-order valence-corrected chi connectivity index (χ4v) is 3.87. The lowest BCUT2D eigenvalue weighted by Gasteiger charge is -2.40. The van der Waals surface area contributed by atoms with Crippen LogP contribution in [0.4, 0.5) is 5.69 Å². The van der Waals surface area contributed by atoms with Crippen LogP contribution >= 0.6 is 0 Å². The van der Waals surface area contributed by atoms with Gasteiger partial charge in [-0.15, -0.1) is 0 Å². The van der Waals surface area contributed by atoms with E-state index < -0.39 is 36.9 Å². The van der Waals surface area contributed by atoms with Gasteiger partial charge in [-0.1, -0.05) is 12.1 Å². The number of anilines is 1. The van der Waals surface area contributed by atoms with E-state index in [9.17, 15) is 25.2 Å². The molecule has 7 N–H and O–H groups in total. The summed E-state index contributed by atoms with van der Waals surface area (Å²) >= 11 is 0. The average molecular weight is 381 g/mol. The highest BCUT2D eigenvalue weighted by molar-refractivity contribution is 5.66. The molecule has 0 spiro atoms. The molecule has 0 radical (unpaired) electrons. The van der Waals surface area contributed by atoms with Crippen LogP contribution in [0, 0.1) is 0 Å². The van der Waals surface area contributed by atoms with Crippen molar-refractivity contribution in [2.75, 3.05) is 11.9 Å². The monoisotopic (exact) mass is 381 g/mol. The molecule has 0 bridgehead atoms. The minimum atomic E-state index is -1.10. The van der Waals surface area contributed by atoms with E-state index in [-0.39, 0.29) is 6.42 Å². The van der Waals surface area contributed by atoms with E-state index in [2.05, 4.69) is 10.6 Å². The predicted octanol–water partition coefficient (Wildman–Crippen LogP) is 0.0396. The smallest absolute Gasteiger partial charge is 0.303 e. The summed E-state index contributed by atoms with van der Waals surface area (Å²) in [6.07, 6.45) is -1.88. The van der Waals surface area contributed by atoms with Gasteiger partial charge in [-0.05, 0) is 31.7 Å². The molecule has 5 unspecified atom stereocenters. The lowest BCUT2D eigenvalue weighted by Crippen LogP contribution is -2.57. The average Bonchev–Trinajstić information content (AvgIpc) is 2.87. The third-order valence-corrected chi connectivity index (χ3v) is 5.22. The van der Waals surface area contributed by atoms with Crippen molar-refractivity contribution < 1.29 is 30.3 Å². The Morgan fingerprint density at radius 3 is 2.63 bits per heavy atom. The summed E-state index contributed by atoms with van der Waals surface area (Å²) in [7, 11) is 0. The Balaban J connectivity index is 1.71. The van der Waals surface area contributed by atoms with Gasteiger partial charge in [0, 0.05) is 29.8 Å². The molecular weight excluding hydrogens is 354 g/mol. The number of nitrogens with one attached hydrogen (secondary N) is 2. The molecule has 9 heteroatoms. The van der Waals surface area contributed by atoms with Crippen molar-refractivity contribution in [3.05, 3.63) is 29.3 Å². The highest BCUT2D eigenvalue weighted by atomic mass is 16.4. The zero-order valence-electron chi connectivity index (χ0n) is 15.0. The van der Waals surface area contributed by atoms with Crippen LogP contribution in [-0.2, 0) is 4.79 Å². The van der Waals surface area contributed by atoms with Gasteiger partial charge < -0.3 is 30.8 Å². The lowest BCUT2D eigenvalue weighted by atomic mass is 10.0. The van der Waals surface area contributed by atoms with E-state index in [1.807, 2.05) is 0 Å². The highest BCUT2D eigenvalue weighted by Gasteiger charge is 2.45. The van der Waals surface area contributed by atoms with Crippen molar-refractivity contribution in [1.82, 2.24) is 10.2 Å². The van der Waals surface area contributed by atoms with Gasteiger partial charge in [-0.25, -0.2) is 4.90 Å². The van der Waals surface area contributed by atoms with Crippen molar-refractivity contribution in [3.8, 4) is 0 Å². The summed E-state index contributed by atoms with van der Waals surface area (Å²) in [5.41, 5.74) is 1.80. The number of carboxylic acid groups (broad SMARTS) is 1. The molecule has 2 aliphatic rings. The fourth-order valence-electron chi connectivity index (χ4n) is 3.87. The van der Waals surface area contributed by atoms with Crippen LogP contribution in [0.5, 0.6) is 0 Å². The number of carboxylic acids is 1. The first-order valence-electron chi connectivity index (χ1n) is 9.24. The van der Waals surface area contributed by atoms with Gasteiger partial charge in [0.2, 0.25) is 0 Å². The number of nitrogens with zero attached hydrogens (tertiary/aromatic N) is 1. The summed E-state index contributed by atoms with van der Waals surface area (Å²) in [6.45, 7) is 0.548. The second-order valence-electron chi connectivity index (χ2n) is 7.05. The van der Waals surface area contributed by atoms with Gasteiger partial charge in [-0.3, -0.25) is 10.1 Å².